The zero-order valence-corrected chi connectivity index (χ0v) is 13.4. The molecule has 22 heavy (non-hydrogen) atoms. The quantitative estimate of drug-likeness (QED) is 0.633. The van der Waals surface area contributed by atoms with Gasteiger partial charge < -0.3 is 9.47 Å². The summed E-state index contributed by atoms with van der Waals surface area (Å²) in [6, 6.07) is 9.52. The van der Waals surface area contributed by atoms with Crippen LogP contribution >= 0.6 is 11.8 Å². The van der Waals surface area contributed by atoms with Gasteiger partial charge in [-0.3, -0.25) is 9.59 Å². The Morgan fingerprint density at radius 1 is 1.27 bits per heavy atom. The summed E-state index contributed by atoms with van der Waals surface area (Å²) >= 11 is 1.30. The highest BCUT2D eigenvalue weighted by Gasteiger charge is 2.59. The molecular formula is C17H18O4S. The highest BCUT2D eigenvalue weighted by Crippen LogP contribution is 2.51. The van der Waals surface area contributed by atoms with Crippen LogP contribution in [0.4, 0.5) is 0 Å². The van der Waals surface area contributed by atoms with E-state index in [0.29, 0.717) is 18.8 Å². The summed E-state index contributed by atoms with van der Waals surface area (Å²) in [7, 11) is 1.56. The fourth-order valence-electron chi connectivity index (χ4n) is 3.28. The van der Waals surface area contributed by atoms with Gasteiger partial charge in [0.05, 0.1) is 13.7 Å². The Balaban J connectivity index is 2.08. The van der Waals surface area contributed by atoms with Crippen molar-refractivity contribution >= 4 is 23.5 Å². The number of ether oxygens (including phenoxy) is 2. The maximum atomic E-state index is 12.8. The Kier molecular flexibility index (Phi) is 4.00. The van der Waals surface area contributed by atoms with Crippen molar-refractivity contribution in [2.45, 2.75) is 23.0 Å². The zero-order chi connectivity index (χ0) is 15.7. The zero-order valence-electron chi connectivity index (χ0n) is 12.6. The number of benzene rings is 1. The van der Waals surface area contributed by atoms with Crippen LogP contribution in [-0.4, -0.2) is 30.2 Å². The van der Waals surface area contributed by atoms with E-state index in [-0.39, 0.29) is 17.6 Å². The van der Waals surface area contributed by atoms with Crippen LogP contribution < -0.4 is 0 Å². The van der Waals surface area contributed by atoms with Crippen molar-refractivity contribution in [2.75, 3.05) is 13.7 Å². The lowest BCUT2D eigenvalue weighted by Crippen LogP contribution is -2.57. The molecule has 4 nitrogen and oxygen atoms in total. The number of methoxy groups -OCH3 is 1. The summed E-state index contributed by atoms with van der Waals surface area (Å²) in [6.45, 7) is 2.36. The SMILES string of the molecule is COC1=CC(=O)C2(Sc3ccccc3)C(=O)OCCC2C1C. The van der Waals surface area contributed by atoms with Gasteiger partial charge in [-0.05, 0) is 18.6 Å². The molecule has 2 aliphatic rings. The van der Waals surface area contributed by atoms with Gasteiger partial charge in [0.15, 0.2) is 10.5 Å². The molecule has 1 aliphatic heterocycles. The van der Waals surface area contributed by atoms with Crippen LogP contribution in [0.3, 0.4) is 0 Å². The number of thioether (sulfide) groups is 1. The van der Waals surface area contributed by atoms with Crippen LogP contribution in [0.25, 0.3) is 0 Å². The number of ketones is 1. The number of carbonyl (C=O) groups is 2. The second kappa shape index (κ2) is 5.80. The summed E-state index contributed by atoms with van der Waals surface area (Å²) < 4.78 is 9.40. The molecule has 0 saturated carbocycles. The number of rotatable bonds is 3. The Morgan fingerprint density at radius 3 is 2.68 bits per heavy atom. The van der Waals surface area contributed by atoms with E-state index in [1.807, 2.05) is 37.3 Å². The van der Waals surface area contributed by atoms with E-state index in [1.54, 1.807) is 7.11 Å². The Morgan fingerprint density at radius 2 is 2.00 bits per heavy atom. The molecule has 0 spiro atoms. The van der Waals surface area contributed by atoms with Gasteiger partial charge in [0.2, 0.25) is 0 Å². The van der Waals surface area contributed by atoms with Gasteiger partial charge >= 0.3 is 5.97 Å². The van der Waals surface area contributed by atoms with Gasteiger partial charge in [-0.15, -0.1) is 0 Å². The Labute approximate surface area is 133 Å². The molecule has 1 fully saturated rings. The molecule has 0 aromatic heterocycles. The molecule has 5 heteroatoms. The molecule has 0 amide bonds. The predicted octanol–water partition coefficient (Wildman–Crippen LogP) is 2.83. The number of carbonyl (C=O) groups excluding carboxylic acids is 2. The average Bonchev–Trinajstić information content (AvgIpc) is 2.53. The second-order valence-corrected chi connectivity index (χ2v) is 6.91. The summed E-state index contributed by atoms with van der Waals surface area (Å²) in [5, 5.41) is 0. The molecule has 1 heterocycles. The molecular weight excluding hydrogens is 300 g/mol. The molecule has 3 rings (SSSR count). The van der Waals surface area contributed by atoms with Gasteiger partial charge in [0, 0.05) is 22.8 Å². The highest BCUT2D eigenvalue weighted by molar-refractivity contribution is 8.02. The number of allylic oxidation sites excluding steroid dienone is 2. The third-order valence-corrected chi connectivity index (χ3v) is 5.94. The molecule has 3 atom stereocenters. The van der Waals surface area contributed by atoms with Gasteiger partial charge in [-0.25, -0.2) is 0 Å². The Hall–Kier alpha value is -1.75. The molecule has 116 valence electrons. The predicted molar refractivity (Wildman–Crippen MR) is 83.4 cm³/mol. The van der Waals surface area contributed by atoms with Gasteiger partial charge in [0.1, 0.15) is 5.76 Å². The normalized spacial score (nSPS) is 31.1. The van der Waals surface area contributed by atoms with Crippen molar-refractivity contribution in [3.05, 3.63) is 42.2 Å². The van der Waals surface area contributed by atoms with E-state index in [9.17, 15) is 9.59 Å². The maximum Gasteiger partial charge on any atom is 0.330 e. The minimum Gasteiger partial charge on any atom is -0.501 e. The molecule has 1 aromatic rings. The van der Waals surface area contributed by atoms with Crippen molar-refractivity contribution in [1.29, 1.82) is 0 Å². The average molecular weight is 318 g/mol. The summed E-state index contributed by atoms with van der Waals surface area (Å²) in [4.78, 5) is 26.3. The first kappa shape index (κ1) is 15.2. The summed E-state index contributed by atoms with van der Waals surface area (Å²) in [5.41, 5.74) is 0. The van der Waals surface area contributed by atoms with Crippen LogP contribution in [0.2, 0.25) is 0 Å². The van der Waals surface area contributed by atoms with E-state index in [1.165, 1.54) is 17.8 Å². The van der Waals surface area contributed by atoms with E-state index < -0.39 is 10.7 Å². The molecule has 0 N–H and O–H groups in total. The largest absolute Gasteiger partial charge is 0.501 e. The Bertz CT molecular complexity index is 625. The second-order valence-electron chi connectivity index (χ2n) is 5.59. The molecule has 0 bridgehead atoms. The number of fused-ring (bicyclic) bond motifs is 1. The van der Waals surface area contributed by atoms with Gasteiger partial charge in [0.25, 0.3) is 0 Å². The van der Waals surface area contributed by atoms with Crippen LogP contribution in [0, 0.1) is 11.8 Å². The lowest BCUT2D eigenvalue weighted by Gasteiger charge is -2.45. The first-order valence-corrected chi connectivity index (χ1v) is 8.12. The monoisotopic (exact) mass is 318 g/mol. The number of esters is 1. The molecule has 1 saturated heterocycles. The standard InChI is InChI=1S/C17H18O4S/c1-11-13-8-9-21-16(19)17(13,15(18)10-14(11)20-2)22-12-6-4-3-5-7-12/h3-7,10-11,13H,8-9H2,1-2H3. The van der Waals surface area contributed by atoms with Crippen molar-refractivity contribution in [3.63, 3.8) is 0 Å². The minimum absolute atomic E-state index is 0.00626. The minimum atomic E-state index is -1.19. The van der Waals surface area contributed by atoms with E-state index in [0.717, 1.165) is 4.90 Å². The van der Waals surface area contributed by atoms with Gasteiger partial charge in [-0.1, -0.05) is 36.9 Å². The van der Waals surface area contributed by atoms with E-state index >= 15 is 0 Å². The van der Waals surface area contributed by atoms with Crippen LogP contribution in [0.5, 0.6) is 0 Å². The smallest absolute Gasteiger partial charge is 0.330 e. The molecule has 1 aliphatic carbocycles. The number of hydrogen-bond acceptors (Lipinski definition) is 5. The lowest BCUT2D eigenvalue weighted by atomic mass is 9.71. The van der Waals surface area contributed by atoms with E-state index in [4.69, 9.17) is 9.47 Å². The van der Waals surface area contributed by atoms with Crippen LogP contribution in [0.1, 0.15) is 13.3 Å². The number of cyclic esters (lactones) is 1. The van der Waals surface area contributed by atoms with Crippen molar-refractivity contribution in [1.82, 2.24) is 0 Å². The first-order chi connectivity index (χ1) is 10.6. The third-order valence-electron chi connectivity index (χ3n) is 4.44. The highest BCUT2D eigenvalue weighted by atomic mass is 32.2. The fourth-order valence-corrected chi connectivity index (χ4v) is 4.72. The summed E-state index contributed by atoms with van der Waals surface area (Å²) in [5.74, 6) is -0.126. The van der Waals surface area contributed by atoms with Gasteiger partial charge in [-0.2, -0.15) is 0 Å². The summed E-state index contributed by atoms with van der Waals surface area (Å²) in [6.07, 6.45) is 2.13. The topological polar surface area (TPSA) is 52.6 Å². The molecule has 0 radical (unpaired) electrons. The van der Waals surface area contributed by atoms with Crippen molar-refractivity contribution < 1.29 is 19.1 Å². The molecule has 3 unspecified atom stereocenters. The van der Waals surface area contributed by atoms with Crippen molar-refractivity contribution in [2.24, 2.45) is 11.8 Å². The number of hydrogen-bond donors (Lipinski definition) is 0. The van der Waals surface area contributed by atoms with E-state index in [2.05, 4.69) is 0 Å². The fraction of sp³-hybridized carbons (Fsp3) is 0.412. The maximum absolute atomic E-state index is 12.8. The third kappa shape index (κ3) is 2.24. The first-order valence-electron chi connectivity index (χ1n) is 7.31. The molecule has 1 aromatic carbocycles. The lowest BCUT2D eigenvalue weighted by molar-refractivity contribution is -0.158. The van der Waals surface area contributed by atoms with Crippen LogP contribution in [0.15, 0.2) is 47.1 Å². The van der Waals surface area contributed by atoms with Crippen molar-refractivity contribution in [3.8, 4) is 0 Å². The van der Waals surface area contributed by atoms with Crippen LogP contribution in [-0.2, 0) is 19.1 Å².